The van der Waals surface area contributed by atoms with Crippen molar-refractivity contribution >= 4 is 11.6 Å². The second-order valence-corrected chi connectivity index (χ2v) is 6.88. The summed E-state index contributed by atoms with van der Waals surface area (Å²) in [5, 5.41) is 2.88. The van der Waals surface area contributed by atoms with Crippen molar-refractivity contribution in [1.82, 2.24) is 19.7 Å². The van der Waals surface area contributed by atoms with E-state index in [2.05, 4.69) is 15.3 Å². The lowest BCUT2D eigenvalue weighted by atomic mass is 10.2. The van der Waals surface area contributed by atoms with Gasteiger partial charge in [0, 0.05) is 36.3 Å². The minimum absolute atomic E-state index is 0.199. The number of rotatable bonds is 7. The summed E-state index contributed by atoms with van der Waals surface area (Å²) >= 11 is 0. The quantitative estimate of drug-likeness (QED) is 0.511. The molecule has 0 bridgehead atoms. The van der Waals surface area contributed by atoms with Crippen LogP contribution in [0.3, 0.4) is 0 Å². The number of pyridine rings is 2. The molecule has 1 N–H and O–H groups in total. The minimum Gasteiger partial charge on any atom is -0.487 e. The number of benzene rings is 1. The molecule has 0 aliphatic rings. The molecule has 0 aliphatic heterocycles. The summed E-state index contributed by atoms with van der Waals surface area (Å²) in [6, 6.07) is 14.7. The Bertz CT molecular complexity index is 1190. The smallest absolute Gasteiger partial charge is 0.251 e. The third-order valence-corrected chi connectivity index (χ3v) is 4.61. The molecule has 3 heterocycles. The first-order valence-electron chi connectivity index (χ1n) is 9.55. The van der Waals surface area contributed by atoms with Gasteiger partial charge in [-0.3, -0.25) is 4.79 Å². The monoisotopic (exact) mass is 402 g/mol. The molecular weight excluding hydrogens is 380 g/mol. The van der Waals surface area contributed by atoms with Crippen LogP contribution in [0.15, 0.2) is 67.1 Å². The number of hydrogen-bond donors (Lipinski definition) is 1. The Morgan fingerprint density at radius 3 is 2.90 bits per heavy atom. The maximum Gasteiger partial charge on any atom is 0.251 e. The lowest BCUT2D eigenvalue weighted by Crippen LogP contribution is -2.23. The van der Waals surface area contributed by atoms with Crippen molar-refractivity contribution < 1.29 is 14.3 Å². The summed E-state index contributed by atoms with van der Waals surface area (Å²) in [4.78, 5) is 21.2. The van der Waals surface area contributed by atoms with Gasteiger partial charge in [-0.1, -0.05) is 18.2 Å². The van der Waals surface area contributed by atoms with E-state index in [0.717, 1.165) is 22.5 Å². The van der Waals surface area contributed by atoms with E-state index in [1.807, 2.05) is 48.0 Å². The maximum atomic E-state index is 12.5. The second kappa shape index (κ2) is 8.65. The van der Waals surface area contributed by atoms with Gasteiger partial charge in [0.25, 0.3) is 5.91 Å². The van der Waals surface area contributed by atoms with Crippen LogP contribution in [-0.4, -0.2) is 27.4 Å². The van der Waals surface area contributed by atoms with Gasteiger partial charge in [0.2, 0.25) is 5.88 Å². The first-order chi connectivity index (χ1) is 14.6. The predicted molar refractivity (Wildman–Crippen MR) is 113 cm³/mol. The molecular formula is C23H22N4O3. The number of hydrogen-bond acceptors (Lipinski definition) is 5. The summed E-state index contributed by atoms with van der Waals surface area (Å²) in [5.41, 5.74) is 4.18. The SMILES string of the molecule is COc1ncccc1CNC(=O)c1cccc(OCc2cn3cc(C)ccc3n2)c1. The highest BCUT2D eigenvalue weighted by Gasteiger charge is 2.10. The zero-order valence-electron chi connectivity index (χ0n) is 16.8. The fraction of sp³-hybridized carbons (Fsp3) is 0.174. The fourth-order valence-corrected chi connectivity index (χ4v) is 3.13. The van der Waals surface area contributed by atoms with E-state index in [1.54, 1.807) is 37.6 Å². The molecule has 152 valence electrons. The van der Waals surface area contributed by atoms with Crippen LogP contribution in [0.4, 0.5) is 0 Å². The molecule has 3 aromatic heterocycles. The van der Waals surface area contributed by atoms with Crippen LogP contribution in [-0.2, 0) is 13.2 Å². The number of amides is 1. The molecule has 0 aliphatic carbocycles. The molecule has 0 atom stereocenters. The second-order valence-electron chi connectivity index (χ2n) is 6.88. The topological polar surface area (TPSA) is 77.8 Å². The number of nitrogens with zero attached hydrogens (tertiary/aromatic N) is 3. The zero-order chi connectivity index (χ0) is 20.9. The van der Waals surface area contributed by atoms with Crippen LogP contribution < -0.4 is 14.8 Å². The van der Waals surface area contributed by atoms with E-state index in [4.69, 9.17) is 9.47 Å². The van der Waals surface area contributed by atoms with Crippen molar-refractivity contribution in [3.05, 3.63) is 89.5 Å². The molecule has 0 fully saturated rings. The summed E-state index contributed by atoms with van der Waals surface area (Å²) in [6.07, 6.45) is 5.61. The van der Waals surface area contributed by atoms with Crippen molar-refractivity contribution in [3.8, 4) is 11.6 Å². The van der Waals surface area contributed by atoms with Crippen LogP contribution in [0, 0.1) is 6.92 Å². The van der Waals surface area contributed by atoms with Crippen LogP contribution in [0.25, 0.3) is 5.65 Å². The largest absolute Gasteiger partial charge is 0.487 e. The Labute approximate surface area is 174 Å². The minimum atomic E-state index is -0.199. The highest BCUT2D eigenvalue weighted by atomic mass is 16.5. The van der Waals surface area contributed by atoms with Crippen LogP contribution in [0.1, 0.15) is 27.2 Å². The lowest BCUT2D eigenvalue weighted by Gasteiger charge is -2.10. The number of nitrogens with one attached hydrogen (secondary N) is 1. The van der Waals surface area contributed by atoms with E-state index in [9.17, 15) is 4.79 Å². The molecule has 0 saturated carbocycles. The van der Waals surface area contributed by atoms with E-state index in [1.165, 1.54) is 0 Å². The Kier molecular flexibility index (Phi) is 5.61. The third-order valence-electron chi connectivity index (χ3n) is 4.61. The van der Waals surface area contributed by atoms with Gasteiger partial charge in [0.15, 0.2) is 0 Å². The Morgan fingerprint density at radius 2 is 2.03 bits per heavy atom. The molecule has 7 heteroatoms. The van der Waals surface area contributed by atoms with Gasteiger partial charge in [-0.05, 0) is 42.8 Å². The molecule has 0 unspecified atom stereocenters. The third kappa shape index (κ3) is 4.41. The normalized spacial score (nSPS) is 10.7. The standard InChI is InChI=1S/C23H22N4O3/c1-16-8-9-21-26-19(14-27(21)13-16)15-30-20-7-3-5-17(11-20)22(28)25-12-18-6-4-10-24-23(18)29-2/h3-11,13-14H,12,15H2,1-2H3,(H,25,28). The molecule has 30 heavy (non-hydrogen) atoms. The highest BCUT2D eigenvalue weighted by molar-refractivity contribution is 5.94. The van der Waals surface area contributed by atoms with E-state index < -0.39 is 0 Å². The van der Waals surface area contributed by atoms with Crippen LogP contribution in [0.2, 0.25) is 0 Å². The number of fused-ring (bicyclic) bond motifs is 1. The highest BCUT2D eigenvalue weighted by Crippen LogP contribution is 2.17. The van der Waals surface area contributed by atoms with Gasteiger partial charge in [-0.15, -0.1) is 0 Å². The van der Waals surface area contributed by atoms with Crippen molar-refractivity contribution in [2.24, 2.45) is 0 Å². The molecule has 4 aromatic rings. The van der Waals surface area contributed by atoms with Gasteiger partial charge >= 0.3 is 0 Å². The molecule has 7 nitrogen and oxygen atoms in total. The van der Waals surface area contributed by atoms with E-state index in [-0.39, 0.29) is 5.91 Å². The van der Waals surface area contributed by atoms with Crippen molar-refractivity contribution in [2.75, 3.05) is 7.11 Å². The summed E-state index contributed by atoms with van der Waals surface area (Å²) in [5.74, 6) is 0.905. The van der Waals surface area contributed by atoms with Gasteiger partial charge < -0.3 is 19.2 Å². The summed E-state index contributed by atoms with van der Waals surface area (Å²) in [7, 11) is 1.55. The number of carbonyl (C=O) groups excluding carboxylic acids is 1. The zero-order valence-corrected chi connectivity index (χ0v) is 16.8. The average Bonchev–Trinajstić information content (AvgIpc) is 3.18. The Morgan fingerprint density at radius 1 is 1.13 bits per heavy atom. The van der Waals surface area contributed by atoms with Gasteiger partial charge in [-0.25, -0.2) is 9.97 Å². The molecule has 1 amide bonds. The van der Waals surface area contributed by atoms with Crippen molar-refractivity contribution in [1.29, 1.82) is 0 Å². The lowest BCUT2D eigenvalue weighted by molar-refractivity contribution is 0.0950. The first kappa shape index (κ1) is 19.4. The summed E-state index contributed by atoms with van der Waals surface area (Å²) in [6.45, 7) is 2.68. The number of imidazole rings is 1. The summed E-state index contributed by atoms with van der Waals surface area (Å²) < 4.78 is 13.0. The molecule has 0 spiro atoms. The number of aryl methyl sites for hydroxylation is 1. The first-order valence-corrected chi connectivity index (χ1v) is 9.55. The number of ether oxygens (including phenoxy) is 2. The number of methoxy groups -OCH3 is 1. The molecule has 0 saturated heterocycles. The van der Waals surface area contributed by atoms with Gasteiger partial charge in [0.1, 0.15) is 18.0 Å². The average molecular weight is 402 g/mol. The molecule has 4 rings (SSSR count). The predicted octanol–water partition coefficient (Wildman–Crippen LogP) is 3.56. The van der Waals surface area contributed by atoms with Crippen LogP contribution in [0.5, 0.6) is 11.6 Å². The Hall–Kier alpha value is -3.87. The molecule has 0 radical (unpaired) electrons. The Balaban J connectivity index is 1.39. The number of carbonyl (C=O) groups is 1. The van der Waals surface area contributed by atoms with Gasteiger partial charge in [0.05, 0.1) is 12.8 Å². The van der Waals surface area contributed by atoms with Crippen molar-refractivity contribution in [2.45, 2.75) is 20.1 Å². The molecule has 1 aromatic carbocycles. The van der Waals surface area contributed by atoms with Crippen LogP contribution >= 0.6 is 0 Å². The maximum absolute atomic E-state index is 12.5. The number of aromatic nitrogens is 3. The van der Waals surface area contributed by atoms with Crippen molar-refractivity contribution in [3.63, 3.8) is 0 Å². The van der Waals surface area contributed by atoms with E-state index >= 15 is 0 Å². The van der Waals surface area contributed by atoms with E-state index in [0.29, 0.717) is 30.3 Å². The fourth-order valence-electron chi connectivity index (χ4n) is 3.13. The van der Waals surface area contributed by atoms with Gasteiger partial charge in [-0.2, -0.15) is 0 Å².